The zero-order chi connectivity index (χ0) is 35.1. The number of fused-ring (bicyclic) bond motifs is 2. The number of nitrogens with two attached hydrogens (primary N) is 1. The molecule has 0 unspecified atom stereocenters. The molecule has 5 heterocycles. The molecule has 3 saturated heterocycles. The van der Waals surface area contributed by atoms with Gasteiger partial charge < -0.3 is 25.0 Å². The summed E-state index contributed by atoms with van der Waals surface area (Å²) in [5, 5.41) is 10.00. The van der Waals surface area contributed by atoms with E-state index in [2.05, 4.69) is 16.5 Å². The molecule has 15 heteroatoms. The molecule has 0 radical (unpaired) electrons. The van der Waals surface area contributed by atoms with E-state index in [1.807, 2.05) is 11.0 Å². The monoisotopic (exact) mass is 709 g/mol. The summed E-state index contributed by atoms with van der Waals surface area (Å²) in [5.41, 5.74) is 5.92. The number of benzene rings is 2. The lowest BCUT2D eigenvalue weighted by Gasteiger charge is -2.41. The number of aromatic nitrogens is 2. The maximum Gasteiger partial charge on any atom is 0.319 e. The smallest absolute Gasteiger partial charge is 0.319 e. The van der Waals surface area contributed by atoms with Crippen LogP contribution < -0.4 is 20.1 Å². The van der Waals surface area contributed by atoms with Crippen LogP contribution in [0.25, 0.3) is 27.6 Å². The molecule has 2 aromatic carbocycles. The summed E-state index contributed by atoms with van der Waals surface area (Å²) < 4.78 is 72.6. The predicted octanol–water partition coefficient (Wildman–Crippen LogP) is 5.07. The molecule has 1 amide bonds. The first-order valence-corrected chi connectivity index (χ1v) is 16.8. The number of hydrogen-bond acceptors (Lipinski definition) is 9. The molecule has 0 spiro atoms. The molecule has 5 aliphatic rings. The standard InChI is InChI=1S/C35H32ClF4N7O3/c1-17(37)33(48)46-13-18(14-46)12-45-7-8-49-31-27-30(43-34(44-32(27)45)50-16-35-5-2-6-47(35)15-19(38)10-35)29(40)26(28(31)36)20-3-4-23(39)21-9-24(42)22(11-41)25(20)21/h3-4,18-19H,1-2,5-10,12-16,42H2/t19-,35+/m1/s1. The Balaban J connectivity index is 1.26. The van der Waals surface area contributed by atoms with Gasteiger partial charge in [-0.25, -0.2) is 17.6 Å². The molecule has 0 saturated carbocycles. The highest BCUT2D eigenvalue weighted by Crippen LogP contribution is 2.51. The van der Waals surface area contributed by atoms with Crippen molar-refractivity contribution in [1.82, 2.24) is 19.8 Å². The minimum atomic E-state index is -1.03. The first-order valence-electron chi connectivity index (χ1n) is 16.5. The molecule has 0 bridgehead atoms. The van der Waals surface area contributed by atoms with Crippen LogP contribution in [0.1, 0.15) is 30.4 Å². The Bertz CT molecular complexity index is 2070. The zero-order valence-corrected chi connectivity index (χ0v) is 27.6. The Morgan fingerprint density at radius 3 is 2.78 bits per heavy atom. The van der Waals surface area contributed by atoms with Gasteiger partial charge >= 0.3 is 6.01 Å². The van der Waals surface area contributed by atoms with Crippen LogP contribution >= 0.6 is 11.6 Å². The summed E-state index contributed by atoms with van der Waals surface area (Å²) in [7, 11) is 0. The normalized spacial score (nSPS) is 23.0. The molecule has 1 aromatic heterocycles. The van der Waals surface area contributed by atoms with E-state index in [1.165, 1.54) is 17.0 Å². The highest BCUT2D eigenvalue weighted by atomic mass is 35.5. The summed E-state index contributed by atoms with van der Waals surface area (Å²) in [4.78, 5) is 26.7. The number of carbonyl (C=O) groups is 1. The number of allylic oxidation sites excluding steroid dienone is 2. The van der Waals surface area contributed by atoms with Crippen LogP contribution in [0.2, 0.25) is 5.02 Å². The fourth-order valence-electron chi connectivity index (χ4n) is 8.28. The summed E-state index contributed by atoms with van der Waals surface area (Å²) in [5.74, 6) is -2.93. The average Bonchev–Trinajstić information content (AvgIpc) is 3.67. The Morgan fingerprint density at radius 1 is 1.22 bits per heavy atom. The van der Waals surface area contributed by atoms with E-state index in [-0.39, 0.29) is 106 Å². The number of likely N-dealkylation sites (tertiary alicyclic amines) is 1. The fourth-order valence-corrected chi connectivity index (χ4v) is 8.61. The van der Waals surface area contributed by atoms with Gasteiger partial charge in [-0.15, -0.1) is 0 Å². The van der Waals surface area contributed by atoms with Crippen molar-refractivity contribution in [2.45, 2.75) is 37.4 Å². The molecule has 3 fully saturated rings. The van der Waals surface area contributed by atoms with Gasteiger partial charge in [0, 0.05) is 67.3 Å². The summed E-state index contributed by atoms with van der Waals surface area (Å²) in [6.45, 7) is 5.59. The number of alkyl halides is 1. The molecule has 3 aromatic rings. The van der Waals surface area contributed by atoms with E-state index in [0.717, 1.165) is 19.4 Å². The van der Waals surface area contributed by atoms with Gasteiger partial charge in [0.15, 0.2) is 17.4 Å². The van der Waals surface area contributed by atoms with Crippen LogP contribution in [-0.4, -0.2) is 89.9 Å². The van der Waals surface area contributed by atoms with Crippen molar-refractivity contribution in [3.05, 3.63) is 58.0 Å². The molecule has 260 valence electrons. The quantitative estimate of drug-likeness (QED) is 0.265. The summed E-state index contributed by atoms with van der Waals surface area (Å²) in [6, 6.07) is 4.43. The second-order valence-corrected chi connectivity index (χ2v) is 14.0. The van der Waals surface area contributed by atoms with E-state index in [0.29, 0.717) is 26.1 Å². The van der Waals surface area contributed by atoms with Crippen molar-refractivity contribution in [1.29, 1.82) is 5.26 Å². The van der Waals surface area contributed by atoms with Gasteiger partial charge in [-0.05, 0) is 31.0 Å². The van der Waals surface area contributed by atoms with Crippen molar-refractivity contribution < 1.29 is 31.8 Å². The highest BCUT2D eigenvalue weighted by molar-refractivity contribution is 6.37. The first-order chi connectivity index (χ1) is 24.0. The van der Waals surface area contributed by atoms with Crippen LogP contribution in [0.15, 0.2) is 30.2 Å². The molecule has 50 heavy (non-hydrogen) atoms. The summed E-state index contributed by atoms with van der Waals surface area (Å²) >= 11 is 6.99. The number of hydrogen-bond donors (Lipinski definition) is 1. The largest absolute Gasteiger partial charge is 0.489 e. The Hall–Kier alpha value is -4.61. The molecular formula is C35H32ClF4N7O3. The van der Waals surface area contributed by atoms with Crippen molar-refractivity contribution in [3.63, 3.8) is 0 Å². The van der Waals surface area contributed by atoms with E-state index in [4.69, 9.17) is 31.8 Å². The van der Waals surface area contributed by atoms with Crippen LogP contribution in [0, 0.1) is 28.9 Å². The average molecular weight is 710 g/mol. The van der Waals surface area contributed by atoms with E-state index >= 15 is 4.39 Å². The van der Waals surface area contributed by atoms with Gasteiger partial charge in [-0.1, -0.05) is 24.2 Å². The van der Waals surface area contributed by atoms with E-state index in [9.17, 15) is 23.2 Å². The highest BCUT2D eigenvalue weighted by Gasteiger charge is 2.49. The fraction of sp³-hybridized carbons (Fsp3) is 0.429. The van der Waals surface area contributed by atoms with Gasteiger partial charge in [0.05, 0.1) is 28.1 Å². The van der Waals surface area contributed by atoms with Crippen LogP contribution in [0.5, 0.6) is 11.8 Å². The number of carbonyl (C=O) groups excluding carboxylic acids is 1. The third-order valence-corrected chi connectivity index (χ3v) is 11.0. The van der Waals surface area contributed by atoms with E-state index in [1.54, 1.807) is 0 Å². The molecule has 2 atom stereocenters. The minimum Gasteiger partial charge on any atom is -0.489 e. The van der Waals surface area contributed by atoms with Gasteiger partial charge in [-0.3, -0.25) is 9.69 Å². The van der Waals surface area contributed by atoms with Crippen molar-refractivity contribution in [2.24, 2.45) is 11.7 Å². The number of rotatable bonds is 7. The van der Waals surface area contributed by atoms with Gasteiger partial charge in [-0.2, -0.15) is 15.2 Å². The molecule has 8 rings (SSSR count). The third kappa shape index (κ3) is 5.04. The second-order valence-electron chi connectivity index (χ2n) is 13.7. The van der Waals surface area contributed by atoms with Gasteiger partial charge in [0.2, 0.25) is 0 Å². The van der Waals surface area contributed by atoms with Crippen LogP contribution in [-0.2, 0) is 11.2 Å². The third-order valence-electron chi connectivity index (χ3n) is 10.6. The molecule has 10 nitrogen and oxygen atoms in total. The maximum atomic E-state index is 17.2. The number of nitrogens with zero attached hydrogens (tertiary/aromatic N) is 6. The van der Waals surface area contributed by atoms with Crippen molar-refractivity contribution in [3.8, 4) is 29.0 Å². The molecule has 2 N–H and O–H groups in total. The van der Waals surface area contributed by atoms with E-state index < -0.39 is 35.1 Å². The zero-order valence-electron chi connectivity index (χ0n) is 26.9. The first kappa shape index (κ1) is 32.6. The summed E-state index contributed by atoms with van der Waals surface area (Å²) in [6.07, 6.45) is 0.937. The minimum absolute atomic E-state index is 0.0184. The maximum absolute atomic E-state index is 17.2. The van der Waals surface area contributed by atoms with Crippen LogP contribution in [0.4, 0.5) is 23.4 Å². The number of amides is 1. The number of anilines is 1. The van der Waals surface area contributed by atoms with Crippen molar-refractivity contribution >= 4 is 39.8 Å². The number of ether oxygens (including phenoxy) is 2. The molecule has 4 aliphatic heterocycles. The Kier molecular flexibility index (Phi) is 7.83. The van der Waals surface area contributed by atoms with Gasteiger partial charge in [0.25, 0.3) is 5.91 Å². The second kappa shape index (κ2) is 12.0. The van der Waals surface area contributed by atoms with Crippen molar-refractivity contribution in [2.75, 3.05) is 57.4 Å². The number of nitriles is 1. The lowest BCUT2D eigenvalue weighted by molar-refractivity contribution is -0.134. The Morgan fingerprint density at radius 2 is 2.02 bits per heavy atom. The number of halogens is 5. The lowest BCUT2D eigenvalue weighted by Crippen LogP contribution is -2.54. The Labute approximate surface area is 289 Å². The van der Waals surface area contributed by atoms with Gasteiger partial charge in [0.1, 0.15) is 42.6 Å². The molecule has 1 aliphatic carbocycles. The SMILES string of the molecule is C=C(F)C(=O)N1CC(CN2CCOc3c(Cl)c(-c4ccc(F)c5c4C(C#N)=C(N)C5)c(F)c4nc(OC[C@@]56CCCN5C[C@H](F)C6)nc2c34)C1. The molecular weight excluding hydrogens is 678 g/mol. The topological polar surface area (TPSA) is 121 Å². The predicted molar refractivity (Wildman–Crippen MR) is 177 cm³/mol. The van der Waals surface area contributed by atoms with Crippen LogP contribution in [0.3, 0.4) is 0 Å². The lowest BCUT2D eigenvalue weighted by atomic mass is 9.92.